The maximum absolute atomic E-state index is 10.8. The molecule has 21 heavy (non-hydrogen) atoms. The fourth-order valence-corrected chi connectivity index (χ4v) is 3.16. The van der Waals surface area contributed by atoms with Crippen LogP contribution >= 0.6 is 0 Å². The average molecular weight is 291 g/mol. The van der Waals surface area contributed by atoms with Crippen LogP contribution in [0.1, 0.15) is 56.9 Å². The molecule has 0 amide bonds. The van der Waals surface area contributed by atoms with Crippen LogP contribution in [0.15, 0.2) is 24.3 Å². The normalized spacial score (nSPS) is 18.8. The molecule has 1 aromatic carbocycles. The number of aliphatic hydroxyl groups is 1. The summed E-state index contributed by atoms with van der Waals surface area (Å²) in [6.45, 7) is 1.08. The van der Waals surface area contributed by atoms with Crippen LogP contribution in [0.2, 0.25) is 0 Å². The van der Waals surface area contributed by atoms with Crippen LogP contribution in [0.4, 0.5) is 0 Å². The third kappa shape index (κ3) is 5.68. The van der Waals surface area contributed by atoms with Crippen molar-refractivity contribution < 1.29 is 9.84 Å². The van der Waals surface area contributed by atoms with E-state index >= 15 is 0 Å². The van der Waals surface area contributed by atoms with Crippen molar-refractivity contribution in [2.24, 2.45) is 5.73 Å². The molecule has 3 N–H and O–H groups in total. The Kier molecular flexibility index (Phi) is 6.52. The van der Waals surface area contributed by atoms with Crippen LogP contribution in [0.25, 0.3) is 0 Å². The summed E-state index contributed by atoms with van der Waals surface area (Å²) in [6.07, 6.45) is 9.87. The minimum atomic E-state index is -0.464. The monoisotopic (exact) mass is 291 g/mol. The second-order valence-electron chi connectivity index (χ2n) is 6.28. The molecular formula is C18H29NO2. The first kappa shape index (κ1) is 16.3. The second-order valence-corrected chi connectivity index (χ2v) is 6.28. The van der Waals surface area contributed by atoms with Gasteiger partial charge >= 0.3 is 0 Å². The Morgan fingerprint density at radius 1 is 1.10 bits per heavy atom. The van der Waals surface area contributed by atoms with Gasteiger partial charge in [-0.1, -0.05) is 44.2 Å². The molecule has 1 aliphatic rings. The smallest absolute Gasteiger partial charge is 0.119 e. The van der Waals surface area contributed by atoms with Crippen LogP contribution in [0.5, 0.6) is 5.75 Å². The SMILES string of the molecule is NCCOc1cccc(CCC2(O)CCCCCCC2)c1. The standard InChI is InChI=1S/C18H29NO2/c19-13-14-21-17-8-6-7-16(15-17)9-12-18(20)10-4-2-1-3-5-11-18/h6-8,15,20H,1-5,9-14,19H2. The van der Waals surface area contributed by atoms with Crippen molar-refractivity contribution in [2.75, 3.05) is 13.2 Å². The fourth-order valence-electron chi connectivity index (χ4n) is 3.16. The molecule has 0 spiro atoms. The van der Waals surface area contributed by atoms with Crippen LogP contribution in [-0.4, -0.2) is 23.9 Å². The molecule has 118 valence electrons. The highest BCUT2D eigenvalue weighted by Gasteiger charge is 2.26. The molecular weight excluding hydrogens is 262 g/mol. The van der Waals surface area contributed by atoms with Gasteiger partial charge in [-0.15, -0.1) is 0 Å². The predicted molar refractivity (Wildman–Crippen MR) is 86.6 cm³/mol. The number of aryl methyl sites for hydroxylation is 1. The molecule has 0 aromatic heterocycles. The number of hydrogen-bond acceptors (Lipinski definition) is 3. The van der Waals surface area contributed by atoms with Crippen LogP contribution in [-0.2, 0) is 6.42 Å². The van der Waals surface area contributed by atoms with Gasteiger partial charge in [-0.3, -0.25) is 0 Å². The van der Waals surface area contributed by atoms with Gasteiger partial charge in [0.2, 0.25) is 0 Å². The zero-order valence-electron chi connectivity index (χ0n) is 13.0. The predicted octanol–water partition coefficient (Wildman–Crippen LogP) is 3.43. The summed E-state index contributed by atoms with van der Waals surface area (Å²) >= 11 is 0. The van der Waals surface area contributed by atoms with Crippen LogP contribution in [0, 0.1) is 0 Å². The van der Waals surface area contributed by atoms with Crippen molar-refractivity contribution in [1.29, 1.82) is 0 Å². The van der Waals surface area contributed by atoms with E-state index in [1.54, 1.807) is 0 Å². The van der Waals surface area contributed by atoms with Gasteiger partial charge in [0.1, 0.15) is 12.4 Å². The maximum Gasteiger partial charge on any atom is 0.119 e. The molecule has 1 saturated carbocycles. The molecule has 0 unspecified atom stereocenters. The summed E-state index contributed by atoms with van der Waals surface area (Å²) in [4.78, 5) is 0. The van der Waals surface area contributed by atoms with E-state index in [0.717, 1.165) is 44.3 Å². The molecule has 2 rings (SSSR count). The maximum atomic E-state index is 10.8. The summed E-state index contributed by atoms with van der Waals surface area (Å²) in [5, 5.41) is 10.8. The van der Waals surface area contributed by atoms with Crippen molar-refractivity contribution >= 4 is 0 Å². The molecule has 1 fully saturated rings. The highest BCUT2D eigenvalue weighted by molar-refractivity contribution is 5.28. The average Bonchev–Trinajstić information content (AvgIpc) is 2.48. The van der Waals surface area contributed by atoms with Gasteiger partial charge in [-0.05, 0) is 43.4 Å². The van der Waals surface area contributed by atoms with Gasteiger partial charge in [0.25, 0.3) is 0 Å². The van der Waals surface area contributed by atoms with E-state index in [0.29, 0.717) is 13.2 Å². The van der Waals surface area contributed by atoms with Gasteiger partial charge in [0.05, 0.1) is 5.60 Å². The zero-order chi connectivity index (χ0) is 15.0. The number of nitrogens with two attached hydrogens (primary N) is 1. The van der Waals surface area contributed by atoms with Gasteiger partial charge in [-0.25, -0.2) is 0 Å². The van der Waals surface area contributed by atoms with Crippen LogP contribution < -0.4 is 10.5 Å². The first-order valence-electron chi connectivity index (χ1n) is 8.36. The summed E-state index contributed by atoms with van der Waals surface area (Å²) in [7, 11) is 0. The molecule has 0 radical (unpaired) electrons. The fraction of sp³-hybridized carbons (Fsp3) is 0.667. The lowest BCUT2D eigenvalue weighted by molar-refractivity contribution is 0.00627. The Labute approximate surface area is 128 Å². The van der Waals surface area contributed by atoms with E-state index in [9.17, 15) is 5.11 Å². The summed E-state index contributed by atoms with van der Waals surface area (Å²) in [6, 6.07) is 8.16. The second kappa shape index (κ2) is 8.40. The number of ether oxygens (including phenoxy) is 1. The third-order valence-corrected chi connectivity index (χ3v) is 4.45. The summed E-state index contributed by atoms with van der Waals surface area (Å²) in [5.41, 5.74) is 6.23. The minimum Gasteiger partial charge on any atom is -0.492 e. The summed E-state index contributed by atoms with van der Waals surface area (Å²) in [5.74, 6) is 0.877. The molecule has 0 saturated heterocycles. The van der Waals surface area contributed by atoms with E-state index in [4.69, 9.17) is 10.5 Å². The number of hydrogen-bond donors (Lipinski definition) is 2. The van der Waals surface area contributed by atoms with Gasteiger partial charge in [0, 0.05) is 6.54 Å². The van der Waals surface area contributed by atoms with E-state index in [2.05, 4.69) is 12.1 Å². The lowest BCUT2D eigenvalue weighted by Crippen LogP contribution is -2.30. The molecule has 1 aromatic rings. The van der Waals surface area contributed by atoms with Gasteiger partial charge in [-0.2, -0.15) is 0 Å². The Hall–Kier alpha value is -1.06. The Morgan fingerprint density at radius 3 is 2.52 bits per heavy atom. The van der Waals surface area contributed by atoms with Crippen molar-refractivity contribution in [3.05, 3.63) is 29.8 Å². The lowest BCUT2D eigenvalue weighted by Gasteiger charge is -2.30. The topological polar surface area (TPSA) is 55.5 Å². The van der Waals surface area contributed by atoms with Crippen molar-refractivity contribution in [3.8, 4) is 5.75 Å². The largest absolute Gasteiger partial charge is 0.492 e. The Morgan fingerprint density at radius 2 is 1.81 bits per heavy atom. The molecule has 0 heterocycles. The summed E-state index contributed by atoms with van der Waals surface area (Å²) < 4.78 is 5.56. The molecule has 1 aliphatic carbocycles. The first-order chi connectivity index (χ1) is 10.2. The zero-order valence-corrected chi connectivity index (χ0v) is 13.0. The van der Waals surface area contributed by atoms with E-state index < -0.39 is 5.60 Å². The third-order valence-electron chi connectivity index (χ3n) is 4.45. The molecule has 0 bridgehead atoms. The van der Waals surface area contributed by atoms with E-state index in [-0.39, 0.29) is 0 Å². The quantitative estimate of drug-likeness (QED) is 0.844. The van der Waals surface area contributed by atoms with Crippen molar-refractivity contribution in [2.45, 2.75) is 63.4 Å². The first-order valence-corrected chi connectivity index (χ1v) is 8.36. The van der Waals surface area contributed by atoms with Crippen LogP contribution in [0.3, 0.4) is 0 Å². The number of rotatable bonds is 6. The Bertz CT molecular complexity index is 411. The lowest BCUT2D eigenvalue weighted by atomic mass is 9.83. The van der Waals surface area contributed by atoms with E-state index in [1.807, 2.05) is 12.1 Å². The molecule has 0 aliphatic heterocycles. The Balaban J connectivity index is 1.88. The highest BCUT2D eigenvalue weighted by atomic mass is 16.5. The number of benzene rings is 1. The van der Waals surface area contributed by atoms with Crippen molar-refractivity contribution in [3.63, 3.8) is 0 Å². The van der Waals surface area contributed by atoms with E-state index in [1.165, 1.54) is 24.8 Å². The van der Waals surface area contributed by atoms with Gasteiger partial charge in [0.15, 0.2) is 0 Å². The van der Waals surface area contributed by atoms with Gasteiger partial charge < -0.3 is 15.6 Å². The molecule has 3 heteroatoms. The highest BCUT2D eigenvalue weighted by Crippen LogP contribution is 2.30. The molecule has 3 nitrogen and oxygen atoms in total. The van der Waals surface area contributed by atoms with Crippen molar-refractivity contribution in [1.82, 2.24) is 0 Å². The minimum absolute atomic E-state index is 0.464. The molecule has 0 atom stereocenters.